The zero-order chi connectivity index (χ0) is 14.0. The summed E-state index contributed by atoms with van der Waals surface area (Å²) in [6.07, 6.45) is 0.995. The van der Waals surface area contributed by atoms with E-state index in [1.54, 1.807) is 7.11 Å². The van der Waals surface area contributed by atoms with Crippen molar-refractivity contribution in [3.05, 3.63) is 0 Å². The Hall–Kier alpha value is -0.650. The van der Waals surface area contributed by atoms with E-state index in [4.69, 9.17) is 4.74 Å². The van der Waals surface area contributed by atoms with Gasteiger partial charge in [0.15, 0.2) is 0 Å². The molecule has 0 fully saturated rings. The fourth-order valence-corrected chi connectivity index (χ4v) is 1.82. The summed E-state index contributed by atoms with van der Waals surface area (Å²) in [7, 11) is 7.63. The van der Waals surface area contributed by atoms with Crippen LogP contribution in [0.15, 0.2) is 0 Å². The minimum Gasteiger partial charge on any atom is -0.383 e. The van der Waals surface area contributed by atoms with E-state index in [2.05, 4.69) is 10.2 Å². The van der Waals surface area contributed by atoms with Crippen LogP contribution in [0.4, 0.5) is 0 Å². The number of carbonyl (C=O) groups excluding carboxylic acids is 1. The first-order valence-electron chi connectivity index (χ1n) is 6.60. The lowest BCUT2D eigenvalue weighted by Gasteiger charge is -2.26. The molecule has 0 aliphatic heterocycles. The summed E-state index contributed by atoms with van der Waals surface area (Å²) < 4.78 is 5.07. The maximum Gasteiger partial charge on any atom is 0.226 e. The number of carbonyl (C=O) groups is 1. The zero-order valence-electron chi connectivity index (χ0n) is 12.5. The topological polar surface area (TPSA) is 44.8 Å². The van der Waals surface area contributed by atoms with Crippen LogP contribution >= 0.6 is 0 Å². The van der Waals surface area contributed by atoms with E-state index in [9.17, 15) is 4.79 Å². The number of nitrogens with zero attached hydrogens (tertiary/aromatic N) is 2. The van der Waals surface area contributed by atoms with Crippen molar-refractivity contribution < 1.29 is 9.53 Å². The molecule has 0 aromatic carbocycles. The summed E-state index contributed by atoms with van der Waals surface area (Å²) in [4.78, 5) is 16.3. The van der Waals surface area contributed by atoms with E-state index in [0.717, 1.165) is 26.1 Å². The average molecular weight is 259 g/mol. The Labute approximate surface area is 111 Å². The molecule has 1 unspecified atom stereocenters. The van der Waals surface area contributed by atoms with Crippen molar-refractivity contribution in [1.29, 1.82) is 0 Å². The van der Waals surface area contributed by atoms with Crippen LogP contribution in [0.1, 0.15) is 13.3 Å². The third-order valence-electron chi connectivity index (χ3n) is 2.84. The maximum atomic E-state index is 12.2. The fourth-order valence-electron chi connectivity index (χ4n) is 1.82. The van der Waals surface area contributed by atoms with Crippen molar-refractivity contribution in [3.63, 3.8) is 0 Å². The Bertz CT molecular complexity index is 222. The highest BCUT2D eigenvalue weighted by molar-refractivity contribution is 5.78. The predicted octanol–water partition coefficient (Wildman–Crippen LogP) is 0.269. The Morgan fingerprint density at radius 3 is 2.44 bits per heavy atom. The van der Waals surface area contributed by atoms with Gasteiger partial charge in [-0.25, -0.2) is 0 Å². The number of amides is 1. The summed E-state index contributed by atoms with van der Waals surface area (Å²) in [5.74, 6) is 0.228. The van der Waals surface area contributed by atoms with E-state index < -0.39 is 0 Å². The highest BCUT2D eigenvalue weighted by atomic mass is 16.5. The Balaban J connectivity index is 4.23. The normalized spacial score (nSPS) is 12.8. The van der Waals surface area contributed by atoms with E-state index >= 15 is 0 Å². The summed E-state index contributed by atoms with van der Waals surface area (Å²) in [5, 5.41) is 3.05. The van der Waals surface area contributed by atoms with E-state index in [0.29, 0.717) is 13.2 Å². The largest absolute Gasteiger partial charge is 0.383 e. The van der Waals surface area contributed by atoms with Gasteiger partial charge in [0.2, 0.25) is 5.91 Å². The van der Waals surface area contributed by atoms with Crippen LogP contribution in [-0.4, -0.2) is 76.7 Å². The lowest BCUT2D eigenvalue weighted by atomic mass is 10.1. The molecule has 0 aromatic rings. The zero-order valence-corrected chi connectivity index (χ0v) is 12.5. The van der Waals surface area contributed by atoms with Gasteiger partial charge in [0.1, 0.15) is 0 Å². The molecule has 0 aliphatic rings. The molecule has 0 radical (unpaired) electrons. The fraction of sp³-hybridized carbons (Fsp3) is 0.923. The predicted molar refractivity (Wildman–Crippen MR) is 74.7 cm³/mol. The number of hydrogen-bond donors (Lipinski definition) is 1. The van der Waals surface area contributed by atoms with Crippen molar-refractivity contribution in [2.24, 2.45) is 5.92 Å². The lowest BCUT2D eigenvalue weighted by Crippen LogP contribution is -2.41. The van der Waals surface area contributed by atoms with E-state index in [-0.39, 0.29) is 11.8 Å². The van der Waals surface area contributed by atoms with Gasteiger partial charge in [-0.15, -0.1) is 0 Å². The number of nitrogens with one attached hydrogen (secondary N) is 1. The second kappa shape index (κ2) is 10.3. The number of ether oxygens (including phenoxy) is 1. The summed E-state index contributed by atoms with van der Waals surface area (Å²) in [6, 6.07) is 0. The molecule has 0 aromatic heterocycles. The molecular weight excluding hydrogens is 230 g/mol. The number of hydrogen-bond acceptors (Lipinski definition) is 4. The molecule has 108 valence electrons. The minimum atomic E-state index is 0.0196. The van der Waals surface area contributed by atoms with Crippen LogP contribution < -0.4 is 5.32 Å². The van der Waals surface area contributed by atoms with Gasteiger partial charge in [-0.05, 0) is 34.1 Å². The van der Waals surface area contributed by atoms with Gasteiger partial charge < -0.3 is 19.9 Å². The molecule has 5 heteroatoms. The first-order chi connectivity index (χ1) is 8.52. The molecule has 0 heterocycles. The third-order valence-corrected chi connectivity index (χ3v) is 2.84. The highest BCUT2D eigenvalue weighted by Crippen LogP contribution is 2.03. The van der Waals surface area contributed by atoms with E-state index in [1.165, 1.54) is 0 Å². The summed E-state index contributed by atoms with van der Waals surface area (Å²) >= 11 is 0. The molecule has 5 nitrogen and oxygen atoms in total. The van der Waals surface area contributed by atoms with Crippen molar-refractivity contribution >= 4 is 5.91 Å². The lowest BCUT2D eigenvalue weighted by molar-refractivity contribution is -0.135. The molecule has 0 aliphatic carbocycles. The van der Waals surface area contributed by atoms with Gasteiger partial charge in [0, 0.05) is 32.7 Å². The highest BCUT2D eigenvalue weighted by Gasteiger charge is 2.19. The van der Waals surface area contributed by atoms with Gasteiger partial charge in [-0.1, -0.05) is 6.92 Å². The van der Waals surface area contributed by atoms with Crippen molar-refractivity contribution in [2.45, 2.75) is 13.3 Å². The second-order valence-corrected chi connectivity index (χ2v) is 4.93. The quantitative estimate of drug-likeness (QED) is 0.612. The molecule has 1 N–H and O–H groups in total. The van der Waals surface area contributed by atoms with Crippen molar-refractivity contribution in [2.75, 3.05) is 61.0 Å². The summed E-state index contributed by atoms with van der Waals surface area (Å²) in [6.45, 7) is 5.75. The van der Waals surface area contributed by atoms with Gasteiger partial charge >= 0.3 is 0 Å². The summed E-state index contributed by atoms with van der Waals surface area (Å²) in [5.41, 5.74) is 0. The molecule has 0 saturated heterocycles. The van der Waals surface area contributed by atoms with Gasteiger partial charge in [-0.2, -0.15) is 0 Å². The molecule has 18 heavy (non-hydrogen) atoms. The number of methoxy groups -OCH3 is 1. The van der Waals surface area contributed by atoms with Gasteiger partial charge in [-0.3, -0.25) is 4.79 Å². The Morgan fingerprint density at radius 2 is 1.94 bits per heavy atom. The molecule has 0 saturated carbocycles. The number of rotatable bonds is 10. The molecule has 0 spiro atoms. The van der Waals surface area contributed by atoms with Crippen molar-refractivity contribution in [3.8, 4) is 0 Å². The Kier molecular flexibility index (Phi) is 9.92. The Morgan fingerprint density at radius 1 is 1.28 bits per heavy atom. The standard InChI is InChI=1S/C13H29N3O2/c1-12(11-14-2)13(17)16(9-10-18-5)8-6-7-15(3)4/h12,14H,6-11H2,1-5H3. The molecule has 0 rings (SSSR count). The first-order valence-corrected chi connectivity index (χ1v) is 6.60. The molecule has 1 amide bonds. The van der Waals surface area contributed by atoms with Gasteiger partial charge in [0.05, 0.1) is 6.61 Å². The SMILES string of the molecule is CNCC(C)C(=O)N(CCCN(C)C)CCOC. The first kappa shape index (κ1) is 17.4. The van der Waals surface area contributed by atoms with Crippen LogP contribution in [0.2, 0.25) is 0 Å². The monoisotopic (exact) mass is 259 g/mol. The van der Waals surface area contributed by atoms with Gasteiger partial charge in [0.25, 0.3) is 0 Å². The molecule has 1 atom stereocenters. The minimum absolute atomic E-state index is 0.0196. The van der Waals surface area contributed by atoms with Crippen LogP contribution in [0.5, 0.6) is 0 Å². The van der Waals surface area contributed by atoms with Crippen molar-refractivity contribution in [1.82, 2.24) is 15.1 Å². The smallest absolute Gasteiger partial charge is 0.226 e. The average Bonchev–Trinajstić information content (AvgIpc) is 2.32. The van der Waals surface area contributed by atoms with Crippen LogP contribution in [0, 0.1) is 5.92 Å². The maximum absolute atomic E-state index is 12.2. The van der Waals surface area contributed by atoms with Crippen LogP contribution in [-0.2, 0) is 9.53 Å². The third kappa shape index (κ3) is 7.63. The van der Waals surface area contributed by atoms with Crippen LogP contribution in [0.3, 0.4) is 0 Å². The molecule has 0 bridgehead atoms. The second-order valence-electron chi connectivity index (χ2n) is 4.93. The van der Waals surface area contributed by atoms with Crippen LogP contribution in [0.25, 0.3) is 0 Å². The molecular formula is C13H29N3O2. The van der Waals surface area contributed by atoms with E-state index in [1.807, 2.05) is 33.0 Å².